The van der Waals surface area contributed by atoms with Crippen molar-refractivity contribution in [1.29, 1.82) is 0 Å². The van der Waals surface area contributed by atoms with Crippen molar-refractivity contribution in [1.82, 2.24) is 5.32 Å². The molecule has 0 amide bonds. The van der Waals surface area contributed by atoms with Crippen LogP contribution in [0.3, 0.4) is 0 Å². The van der Waals surface area contributed by atoms with Gasteiger partial charge in [-0.25, -0.2) is 0 Å². The molecule has 0 aliphatic carbocycles. The highest BCUT2D eigenvalue weighted by molar-refractivity contribution is 14.0. The van der Waals surface area contributed by atoms with Gasteiger partial charge < -0.3 is 20.5 Å². The van der Waals surface area contributed by atoms with Crippen LogP contribution in [0.5, 0.6) is 0 Å². The summed E-state index contributed by atoms with van der Waals surface area (Å²) in [6.07, 6.45) is 7.45. The van der Waals surface area contributed by atoms with Crippen molar-refractivity contribution in [2.75, 3.05) is 32.9 Å². The van der Waals surface area contributed by atoms with Crippen LogP contribution in [0.4, 0.5) is 0 Å². The minimum atomic E-state index is 0. The summed E-state index contributed by atoms with van der Waals surface area (Å²) in [5.41, 5.74) is 5.75. The van der Waals surface area contributed by atoms with Crippen LogP contribution in [0.25, 0.3) is 0 Å². The zero-order valence-electron chi connectivity index (χ0n) is 12.6. The summed E-state index contributed by atoms with van der Waals surface area (Å²) in [5, 5.41) is 3.06. The Morgan fingerprint density at radius 1 is 1.40 bits per heavy atom. The molecule has 1 heterocycles. The van der Waals surface area contributed by atoms with Crippen LogP contribution in [0.1, 0.15) is 45.4 Å². The molecule has 1 rings (SSSR count). The van der Waals surface area contributed by atoms with E-state index in [1.807, 2.05) is 0 Å². The third-order valence-electron chi connectivity index (χ3n) is 3.17. The number of halogens is 1. The van der Waals surface area contributed by atoms with E-state index >= 15 is 0 Å². The highest BCUT2D eigenvalue weighted by Gasteiger charge is 2.14. The molecule has 1 saturated heterocycles. The van der Waals surface area contributed by atoms with Crippen molar-refractivity contribution >= 4 is 29.9 Å². The SMILES string of the molecule is CCCCCCN=C(N)NCCOCC1CCCO1.I. The molecule has 5 nitrogen and oxygen atoms in total. The number of nitrogens with two attached hydrogens (primary N) is 1. The number of hydrogen-bond acceptors (Lipinski definition) is 3. The van der Waals surface area contributed by atoms with Gasteiger partial charge in [0.1, 0.15) is 0 Å². The molecule has 3 N–H and O–H groups in total. The largest absolute Gasteiger partial charge is 0.377 e. The van der Waals surface area contributed by atoms with Gasteiger partial charge in [0.15, 0.2) is 5.96 Å². The van der Waals surface area contributed by atoms with E-state index in [1.54, 1.807) is 0 Å². The van der Waals surface area contributed by atoms with Gasteiger partial charge in [0.25, 0.3) is 0 Å². The van der Waals surface area contributed by atoms with E-state index in [9.17, 15) is 0 Å². The van der Waals surface area contributed by atoms with Crippen LogP contribution in [0.2, 0.25) is 0 Å². The molecule has 0 aromatic heterocycles. The fourth-order valence-electron chi connectivity index (χ4n) is 2.04. The molecule has 0 radical (unpaired) electrons. The first-order chi connectivity index (χ1) is 9.33. The van der Waals surface area contributed by atoms with Gasteiger partial charge in [-0.15, -0.1) is 24.0 Å². The zero-order chi connectivity index (χ0) is 13.8. The fraction of sp³-hybridized carbons (Fsp3) is 0.929. The Morgan fingerprint density at radius 3 is 2.95 bits per heavy atom. The number of aliphatic imine (C=N–C) groups is 1. The van der Waals surface area contributed by atoms with Gasteiger partial charge in [-0.3, -0.25) is 4.99 Å². The first kappa shape index (κ1) is 19.9. The number of rotatable bonds is 10. The van der Waals surface area contributed by atoms with Crippen molar-refractivity contribution in [2.45, 2.75) is 51.6 Å². The standard InChI is InChI=1S/C14H29N3O2.HI/c1-2-3-4-5-8-16-14(15)17-9-11-18-12-13-7-6-10-19-13;/h13H,2-12H2,1H3,(H3,15,16,17);1H. The van der Waals surface area contributed by atoms with E-state index < -0.39 is 0 Å². The highest BCUT2D eigenvalue weighted by Crippen LogP contribution is 2.11. The second-order valence-electron chi connectivity index (χ2n) is 4.96. The number of guanidine groups is 1. The Morgan fingerprint density at radius 2 is 2.25 bits per heavy atom. The summed E-state index contributed by atoms with van der Waals surface area (Å²) in [4.78, 5) is 4.27. The molecule has 1 aliphatic rings. The van der Waals surface area contributed by atoms with E-state index in [0.29, 0.717) is 31.8 Å². The van der Waals surface area contributed by atoms with Gasteiger partial charge in [-0.05, 0) is 19.3 Å². The van der Waals surface area contributed by atoms with Crippen molar-refractivity contribution in [3.05, 3.63) is 0 Å². The summed E-state index contributed by atoms with van der Waals surface area (Å²) in [5.74, 6) is 0.525. The third kappa shape index (κ3) is 10.7. The summed E-state index contributed by atoms with van der Waals surface area (Å²) >= 11 is 0. The fourth-order valence-corrected chi connectivity index (χ4v) is 2.04. The van der Waals surface area contributed by atoms with Crippen molar-refractivity contribution < 1.29 is 9.47 Å². The topological polar surface area (TPSA) is 68.9 Å². The summed E-state index contributed by atoms with van der Waals surface area (Å²) in [6, 6.07) is 0. The minimum absolute atomic E-state index is 0. The number of nitrogens with zero attached hydrogens (tertiary/aromatic N) is 1. The van der Waals surface area contributed by atoms with E-state index in [0.717, 1.165) is 32.4 Å². The Labute approximate surface area is 140 Å². The maximum Gasteiger partial charge on any atom is 0.188 e. The molecule has 6 heteroatoms. The minimum Gasteiger partial charge on any atom is -0.377 e. The normalized spacial score (nSPS) is 18.9. The van der Waals surface area contributed by atoms with Gasteiger partial charge in [0, 0.05) is 19.7 Å². The lowest BCUT2D eigenvalue weighted by Gasteiger charge is -2.10. The highest BCUT2D eigenvalue weighted by atomic mass is 127. The third-order valence-corrected chi connectivity index (χ3v) is 3.17. The van der Waals surface area contributed by atoms with Crippen LogP contribution in [0.15, 0.2) is 4.99 Å². The van der Waals surface area contributed by atoms with Gasteiger partial charge in [-0.1, -0.05) is 26.2 Å². The predicted molar refractivity (Wildman–Crippen MR) is 93.8 cm³/mol. The molecular formula is C14H30IN3O2. The van der Waals surface area contributed by atoms with E-state index in [1.165, 1.54) is 19.3 Å². The van der Waals surface area contributed by atoms with Crippen molar-refractivity contribution in [3.63, 3.8) is 0 Å². The smallest absolute Gasteiger partial charge is 0.188 e. The first-order valence-electron chi connectivity index (χ1n) is 7.56. The molecule has 0 bridgehead atoms. The van der Waals surface area contributed by atoms with Crippen LogP contribution in [-0.4, -0.2) is 45.0 Å². The molecule has 0 aromatic rings. The number of hydrogen-bond donors (Lipinski definition) is 2. The van der Waals surface area contributed by atoms with Gasteiger partial charge in [0.2, 0.25) is 0 Å². The van der Waals surface area contributed by atoms with E-state index in [2.05, 4.69) is 17.2 Å². The average Bonchev–Trinajstić information content (AvgIpc) is 2.91. The van der Waals surface area contributed by atoms with Crippen LogP contribution >= 0.6 is 24.0 Å². The maximum atomic E-state index is 5.75. The quantitative estimate of drug-likeness (QED) is 0.256. The second kappa shape index (κ2) is 13.9. The zero-order valence-corrected chi connectivity index (χ0v) is 14.9. The van der Waals surface area contributed by atoms with Crippen LogP contribution in [0, 0.1) is 0 Å². The molecule has 0 aromatic carbocycles. The molecule has 1 atom stereocenters. The molecule has 20 heavy (non-hydrogen) atoms. The van der Waals surface area contributed by atoms with E-state index in [-0.39, 0.29) is 24.0 Å². The molecular weight excluding hydrogens is 369 g/mol. The monoisotopic (exact) mass is 399 g/mol. The number of unbranched alkanes of at least 4 members (excludes halogenated alkanes) is 3. The van der Waals surface area contributed by atoms with Gasteiger partial charge >= 0.3 is 0 Å². The van der Waals surface area contributed by atoms with Gasteiger partial charge in [0.05, 0.1) is 19.3 Å². The molecule has 1 unspecified atom stereocenters. The molecule has 0 saturated carbocycles. The maximum absolute atomic E-state index is 5.75. The predicted octanol–water partition coefficient (Wildman–Crippen LogP) is 2.28. The lowest BCUT2D eigenvalue weighted by Crippen LogP contribution is -2.34. The average molecular weight is 399 g/mol. The van der Waals surface area contributed by atoms with E-state index in [4.69, 9.17) is 15.2 Å². The number of ether oxygens (including phenoxy) is 2. The molecule has 1 fully saturated rings. The lowest BCUT2D eigenvalue weighted by atomic mass is 10.2. The van der Waals surface area contributed by atoms with Crippen molar-refractivity contribution in [3.8, 4) is 0 Å². The lowest BCUT2D eigenvalue weighted by molar-refractivity contribution is 0.0191. The van der Waals surface area contributed by atoms with Gasteiger partial charge in [-0.2, -0.15) is 0 Å². The Kier molecular flexibility index (Phi) is 13.8. The summed E-state index contributed by atoms with van der Waals surface area (Å²) in [6.45, 7) is 5.94. The van der Waals surface area contributed by atoms with Crippen LogP contribution in [-0.2, 0) is 9.47 Å². The summed E-state index contributed by atoms with van der Waals surface area (Å²) in [7, 11) is 0. The van der Waals surface area contributed by atoms with Crippen molar-refractivity contribution in [2.24, 2.45) is 10.7 Å². The second-order valence-corrected chi connectivity index (χ2v) is 4.96. The summed E-state index contributed by atoms with van der Waals surface area (Å²) < 4.78 is 11.0. The van der Waals surface area contributed by atoms with Crippen LogP contribution < -0.4 is 11.1 Å². The molecule has 0 spiro atoms. The molecule has 120 valence electrons. The molecule has 1 aliphatic heterocycles. The Bertz CT molecular complexity index is 247. The Balaban J connectivity index is 0.00000361. The number of nitrogens with one attached hydrogen (secondary N) is 1. The Hall–Kier alpha value is -0.0800. The first-order valence-corrected chi connectivity index (χ1v) is 7.56.